The molecule has 1 atom stereocenters. The minimum Gasteiger partial charge on any atom is -0.448 e. The summed E-state index contributed by atoms with van der Waals surface area (Å²) in [6.07, 6.45) is 4.03. The van der Waals surface area contributed by atoms with Gasteiger partial charge >= 0.3 is 0 Å². The zero-order valence-corrected chi connectivity index (χ0v) is 11.3. The van der Waals surface area contributed by atoms with E-state index in [1.165, 1.54) is 13.3 Å². The molecule has 0 saturated carbocycles. The molecule has 0 aliphatic carbocycles. The molecule has 6 heteroatoms. The molecule has 19 heavy (non-hydrogen) atoms. The molecular weight excluding hydrogens is 246 g/mol. The second kappa shape index (κ2) is 5.86. The minimum atomic E-state index is -0.349. The van der Waals surface area contributed by atoms with E-state index in [1.807, 2.05) is 0 Å². The highest BCUT2D eigenvalue weighted by Crippen LogP contribution is 2.17. The first-order valence-corrected chi connectivity index (χ1v) is 6.53. The second-order valence-electron chi connectivity index (χ2n) is 4.80. The molecule has 2 heterocycles. The third-order valence-corrected chi connectivity index (χ3v) is 3.48. The van der Waals surface area contributed by atoms with Crippen LogP contribution in [0.15, 0.2) is 10.8 Å². The number of nitrogens with zero attached hydrogens (tertiary/aromatic N) is 2. The Labute approximate surface area is 112 Å². The van der Waals surface area contributed by atoms with Crippen LogP contribution in [0.4, 0.5) is 0 Å². The lowest BCUT2D eigenvalue weighted by Gasteiger charge is -2.33. The highest BCUT2D eigenvalue weighted by Gasteiger charge is 2.30. The number of carbonyl (C=O) groups excluding carboxylic acids is 2. The van der Waals surface area contributed by atoms with Crippen molar-refractivity contribution in [3.63, 3.8) is 0 Å². The first-order valence-electron chi connectivity index (χ1n) is 6.53. The van der Waals surface area contributed by atoms with Gasteiger partial charge < -0.3 is 14.6 Å². The minimum absolute atomic E-state index is 0.0440. The molecule has 1 N–H and O–H groups in total. The van der Waals surface area contributed by atoms with E-state index in [4.69, 9.17) is 4.42 Å². The number of rotatable bonds is 3. The van der Waals surface area contributed by atoms with E-state index in [0.29, 0.717) is 18.8 Å². The van der Waals surface area contributed by atoms with Gasteiger partial charge in [0.25, 0.3) is 0 Å². The lowest BCUT2D eigenvalue weighted by Crippen LogP contribution is -2.51. The topological polar surface area (TPSA) is 75.4 Å². The predicted molar refractivity (Wildman–Crippen MR) is 68.1 cm³/mol. The number of oxazole rings is 1. The van der Waals surface area contributed by atoms with E-state index in [0.717, 1.165) is 25.0 Å². The van der Waals surface area contributed by atoms with Crippen molar-refractivity contribution in [2.75, 3.05) is 6.54 Å². The highest BCUT2D eigenvalue weighted by atomic mass is 16.3. The number of aryl methyl sites for hydroxylation is 1. The number of likely N-dealkylation sites (tertiary alicyclic amines) is 1. The summed E-state index contributed by atoms with van der Waals surface area (Å²) < 4.78 is 5.07. The van der Waals surface area contributed by atoms with Crippen molar-refractivity contribution in [1.82, 2.24) is 15.2 Å². The maximum Gasteiger partial charge on any atom is 0.243 e. The number of carbonyl (C=O) groups is 2. The summed E-state index contributed by atoms with van der Waals surface area (Å²) in [7, 11) is 0. The number of nitrogens with one attached hydrogen (secondary N) is 1. The van der Waals surface area contributed by atoms with Crippen molar-refractivity contribution in [3.05, 3.63) is 17.8 Å². The molecule has 1 aliphatic rings. The van der Waals surface area contributed by atoms with Crippen molar-refractivity contribution in [2.24, 2.45) is 0 Å². The van der Waals surface area contributed by atoms with Crippen LogP contribution in [0.5, 0.6) is 0 Å². The van der Waals surface area contributed by atoms with Crippen LogP contribution < -0.4 is 5.32 Å². The number of hydrogen-bond acceptors (Lipinski definition) is 4. The second-order valence-corrected chi connectivity index (χ2v) is 4.80. The molecule has 1 saturated heterocycles. The predicted octanol–water partition coefficient (Wildman–Crippen LogP) is 1.00. The molecule has 2 rings (SSSR count). The standard InChI is InChI=1S/C13H19N3O3/c1-9-11(15-8-19-9)7-14-13(18)12-5-3-4-6-16(12)10(2)17/h8,12H,3-7H2,1-2H3,(H,14,18). The van der Waals surface area contributed by atoms with Gasteiger partial charge in [-0.2, -0.15) is 0 Å². The molecule has 0 bridgehead atoms. The maximum atomic E-state index is 12.2. The van der Waals surface area contributed by atoms with Gasteiger partial charge in [-0.05, 0) is 26.2 Å². The summed E-state index contributed by atoms with van der Waals surface area (Å²) in [5.41, 5.74) is 0.721. The summed E-state index contributed by atoms with van der Waals surface area (Å²) >= 11 is 0. The van der Waals surface area contributed by atoms with Gasteiger partial charge in [0.15, 0.2) is 6.39 Å². The van der Waals surface area contributed by atoms with Crippen LogP contribution in [-0.4, -0.2) is 34.3 Å². The van der Waals surface area contributed by atoms with Crippen LogP contribution in [0.1, 0.15) is 37.6 Å². The molecule has 1 aromatic rings. The SMILES string of the molecule is CC(=O)N1CCCCC1C(=O)NCc1ncoc1C. The Bertz CT molecular complexity index is 469. The number of hydrogen-bond donors (Lipinski definition) is 1. The normalized spacial score (nSPS) is 19.3. The molecule has 1 aromatic heterocycles. The van der Waals surface area contributed by atoms with Crippen molar-refractivity contribution in [2.45, 2.75) is 45.7 Å². The third kappa shape index (κ3) is 3.13. The summed E-state index contributed by atoms with van der Waals surface area (Å²) in [5.74, 6) is 0.544. The molecule has 0 aromatic carbocycles. The van der Waals surface area contributed by atoms with Crippen LogP contribution in [0, 0.1) is 6.92 Å². The Morgan fingerprint density at radius 3 is 2.95 bits per heavy atom. The van der Waals surface area contributed by atoms with Gasteiger partial charge in [0, 0.05) is 13.5 Å². The van der Waals surface area contributed by atoms with Crippen molar-refractivity contribution < 1.29 is 14.0 Å². The summed E-state index contributed by atoms with van der Waals surface area (Å²) in [6.45, 7) is 4.31. The van der Waals surface area contributed by atoms with Gasteiger partial charge in [-0.1, -0.05) is 0 Å². The van der Waals surface area contributed by atoms with E-state index in [1.54, 1.807) is 11.8 Å². The lowest BCUT2D eigenvalue weighted by molar-refractivity contribution is -0.140. The molecule has 0 radical (unpaired) electrons. The summed E-state index contributed by atoms with van der Waals surface area (Å²) in [5, 5.41) is 2.83. The smallest absolute Gasteiger partial charge is 0.243 e. The Kier molecular flexibility index (Phi) is 4.19. The van der Waals surface area contributed by atoms with Crippen LogP contribution in [0.25, 0.3) is 0 Å². The summed E-state index contributed by atoms with van der Waals surface area (Å²) in [4.78, 5) is 29.3. The average Bonchev–Trinajstić information content (AvgIpc) is 2.81. The van der Waals surface area contributed by atoms with E-state index in [9.17, 15) is 9.59 Å². The number of aromatic nitrogens is 1. The Hall–Kier alpha value is -1.85. The first-order chi connectivity index (χ1) is 9.09. The third-order valence-electron chi connectivity index (χ3n) is 3.48. The molecule has 1 unspecified atom stereocenters. The molecular formula is C13H19N3O3. The molecule has 104 valence electrons. The fourth-order valence-corrected chi connectivity index (χ4v) is 2.37. The Morgan fingerprint density at radius 2 is 2.32 bits per heavy atom. The van der Waals surface area contributed by atoms with E-state index in [2.05, 4.69) is 10.3 Å². The molecule has 6 nitrogen and oxygen atoms in total. The molecule has 1 fully saturated rings. The van der Waals surface area contributed by atoms with E-state index in [-0.39, 0.29) is 17.9 Å². The van der Waals surface area contributed by atoms with E-state index < -0.39 is 0 Å². The van der Waals surface area contributed by atoms with Crippen LogP contribution >= 0.6 is 0 Å². The van der Waals surface area contributed by atoms with Crippen LogP contribution in [0.2, 0.25) is 0 Å². The van der Waals surface area contributed by atoms with Crippen molar-refractivity contribution in [3.8, 4) is 0 Å². The summed E-state index contributed by atoms with van der Waals surface area (Å²) in [6, 6.07) is -0.349. The van der Waals surface area contributed by atoms with Gasteiger partial charge in [0.05, 0.1) is 6.54 Å². The monoisotopic (exact) mass is 265 g/mol. The van der Waals surface area contributed by atoms with E-state index >= 15 is 0 Å². The van der Waals surface area contributed by atoms with Crippen molar-refractivity contribution >= 4 is 11.8 Å². The Balaban J connectivity index is 1.94. The van der Waals surface area contributed by atoms with Crippen LogP contribution in [0.3, 0.4) is 0 Å². The quantitative estimate of drug-likeness (QED) is 0.884. The zero-order valence-electron chi connectivity index (χ0n) is 11.3. The average molecular weight is 265 g/mol. The fraction of sp³-hybridized carbons (Fsp3) is 0.615. The molecule has 2 amide bonds. The number of amides is 2. The van der Waals surface area contributed by atoms with Crippen LogP contribution in [-0.2, 0) is 16.1 Å². The van der Waals surface area contributed by atoms with Gasteiger partial charge in [0.2, 0.25) is 11.8 Å². The molecule has 0 spiro atoms. The molecule has 1 aliphatic heterocycles. The van der Waals surface area contributed by atoms with Crippen molar-refractivity contribution in [1.29, 1.82) is 0 Å². The first kappa shape index (κ1) is 13.6. The zero-order chi connectivity index (χ0) is 13.8. The maximum absolute atomic E-state index is 12.2. The fourth-order valence-electron chi connectivity index (χ4n) is 2.37. The lowest BCUT2D eigenvalue weighted by atomic mass is 10.0. The highest BCUT2D eigenvalue weighted by molar-refractivity contribution is 5.87. The number of piperidine rings is 1. The van der Waals surface area contributed by atoms with Gasteiger partial charge in [-0.25, -0.2) is 4.98 Å². The largest absolute Gasteiger partial charge is 0.448 e. The van der Waals surface area contributed by atoms with Gasteiger partial charge in [-0.15, -0.1) is 0 Å². The van der Waals surface area contributed by atoms with Gasteiger partial charge in [0.1, 0.15) is 17.5 Å². The Morgan fingerprint density at radius 1 is 1.53 bits per heavy atom. The van der Waals surface area contributed by atoms with Gasteiger partial charge in [-0.3, -0.25) is 9.59 Å².